The molecule has 0 aliphatic rings. The normalized spacial score (nSPS) is 10.3. The van der Waals surface area contributed by atoms with E-state index in [1.807, 2.05) is 38.1 Å². The predicted octanol–water partition coefficient (Wildman–Crippen LogP) is 2.58. The second-order valence-corrected chi connectivity index (χ2v) is 4.04. The topological polar surface area (TPSA) is 85.1 Å². The summed E-state index contributed by atoms with van der Waals surface area (Å²) in [4.78, 5) is 4.01. The lowest BCUT2D eigenvalue weighted by Crippen LogP contribution is -2.05. The first kappa shape index (κ1) is 12.0. The molecule has 0 amide bonds. The zero-order chi connectivity index (χ0) is 13.1. The van der Waals surface area contributed by atoms with Gasteiger partial charge in [-0.2, -0.15) is 10.2 Å². The Labute approximate surface area is 105 Å². The smallest absolute Gasteiger partial charge is 0.230 e. The zero-order valence-corrected chi connectivity index (χ0v) is 10.2. The highest BCUT2D eigenvalue weighted by Gasteiger charge is 2.12. The first-order valence-corrected chi connectivity index (χ1v) is 5.53. The molecule has 18 heavy (non-hydrogen) atoms. The third kappa shape index (κ3) is 2.43. The lowest BCUT2D eigenvalue weighted by molar-refractivity contribution is 0.242. The Morgan fingerprint density at radius 2 is 2.22 bits per heavy atom. The third-order valence-corrected chi connectivity index (χ3v) is 2.21. The molecular weight excluding hydrogens is 230 g/mol. The number of hydrogen-bond donors (Lipinski definition) is 1. The average molecular weight is 243 g/mol. The van der Waals surface area contributed by atoms with E-state index in [1.54, 1.807) is 6.07 Å². The van der Waals surface area contributed by atoms with Crippen LogP contribution < -0.4 is 10.5 Å². The van der Waals surface area contributed by atoms with Crippen LogP contribution in [0, 0.1) is 11.3 Å². The molecule has 0 atom stereocenters. The number of aromatic nitrogens is 1. The van der Waals surface area contributed by atoms with Gasteiger partial charge in [0.05, 0.1) is 6.10 Å². The van der Waals surface area contributed by atoms with E-state index in [1.165, 1.54) is 0 Å². The van der Waals surface area contributed by atoms with Gasteiger partial charge < -0.3 is 14.9 Å². The highest BCUT2D eigenvalue weighted by molar-refractivity contribution is 5.59. The molecule has 5 nitrogen and oxygen atoms in total. The van der Waals surface area contributed by atoms with E-state index in [4.69, 9.17) is 20.1 Å². The Balaban J connectivity index is 2.35. The Morgan fingerprint density at radius 1 is 1.44 bits per heavy atom. The van der Waals surface area contributed by atoms with Crippen LogP contribution in [0.15, 0.2) is 28.7 Å². The zero-order valence-electron chi connectivity index (χ0n) is 10.2. The fourth-order valence-electron chi connectivity index (χ4n) is 1.51. The summed E-state index contributed by atoms with van der Waals surface area (Å²) in [5, 5.41) is 8.78. The minimum absolute atomic E-state index is 0.0303. The molecule has 0 saturated heterocycles. The number of nitrogens with two attached hydrogens (primary N) is 1. The van der Waals surface area contributed by atoms with Crippen LogP contribution in [0.4, 0.5) is 5.88 Å². The summed E-state index contributed by atoms with van der Waals surface area (Å²) < 4.78 is 10.8. The Hall–Kier alpha value is -2.48. The molecule has 92 valence electrons. The number of nitrogen functional groups attached to an aromatic ring is 1. The van der Waals surface area contributed by atoms with Gasteiger partial charge in [0.1, 0.15) is 11.8 Å². The van der Waals surface area contributed by atoms with Crippen molar-refractivity contribution in [3.05, 3.63) is 30.0 Å². The van der Waals surface area contributed by atoms with Crippen molar-refractivity contribution in [2.24, 2.45) is 0 Å². The maximum absolute atomic E-state index is 8.78. The van der Waals surface area contributed by atoms with Gasteiger partial charge in [0.25, 0.3) is 0 Å². The van der Waals surface area contributed by atoms with Gasteiger partial charge >= 0.3 is 0 Å². The molecule has 1 aromatic carbocycles. The molecular formula is C13H13N3O2. The fraction of sp³-hybridized carbons (Fsp3) is 0.231. The number of rotatable bonds is 3. The summed E-state index contributed by atoms with van der Waals surface area (Å²) in [6.07, 6.45) is 0.0875. The predicted molar refractivity (Wildman–Crippen MR) is 66.8 cm³/mol. The molecule has 2 rings (SSSR count). The Kier molecular flexibility index (Phi) is 3.20. The molecule has 1 aromatic heterocycles. The number of benzene rings is 1. The van der Waals surface area contributed by atoms with Crippen molar-refractivity contribution < 1.29 is 9.15 Å². The van der Waals surface area contributed by atoms with Crippen molar-refractivity contribution in [3.63, 3.8) is 0 Å². The van der Waals surface area contributed by atoms with Gasteiger partial charge in [-0.05, 0) is 32.0 Å². The first-order valence-electron chi connectivity index (χ1n) is 5.53. The number of nitriles is 1. The monoisotopic (exact) mass is 243 g/mol. The largest absolute Gasteiger partial charge is 0.491 e. The van der Waals surface area contributed by atoms with Gasteiger partial charge in [-0.1, -0.05) is 6.07 Å². The standard InChI is InChI=1S/C13H13N3O2/c1-8(2)17-10-5-3-4-9(6-10)13-16-11(7-14)12(15)18-13/h3-6,8H,15H2,1-2H3. The van der Waals surface area contributed by atoms with Gasteiger partial charge in [0, 0.05) is 5.56 Å². The van der Waals surface area contributed by atoms with Crippen LogP contribution >= 0.6 is 0 Å². The van der Waals surface area contributed by atoms with E-state index in [0.29, 0.717) is 5.89 Å². The van der Waals surface area contributed by atoms with Crippen molar-refractivity contribution in [2.75, 3.05) is 5.73 Å². The molecule has 0 aliphatic carbocycles. The highest BCUT2D eigenvalue weighted by Crippen LogP contribution is 2.26. The van der Waals surface area contributed by atoms with Crippen molar-refractivity contribution in [3.8, 4) is 23.3 Å². The summed E-state index contributed by atoms with van der Waals surface area (Å²) in [6.45, 7) is 3.90. The van der Waals surface area contributed by atoms with Crippen molar-refractivity contribution in [2.45, 2.75) is 20.0 Å². The van der Waals surface area contributed by atoms with Crippen LogP contribution in [0.5, 0.6) is 5.75 Å². The lowest BCUT2D eigenvalue weighted by atomic mass is 10.2. The van der Waals surface area contributed by atoms with Crippen LogP contribution in [0.1, 0.15) is 19.5 Å². The lowest BCUT2D eigenvalue weighted by Gasteiger charge is -2.09. The second kappa shape index (κ2) is 4.80. The molecule has 0 radical (unpaired) electrons. The van der Waals surface area contributed by atoms with Gasteiger partial charge in [-0.25, -0.2) is 0 Å². The van der Waals surface area contributed by atoms with E-state index in [2.05, 4.69) is 4.98 Å². The van der Waals surface area contributed by atoms with Crippen LogP contribution in [-0.4, -0.2) is 11.1 Å². The van der Waals surface area contributed by atoms with Gasteiger partial charge in [0.15, 0.2) is 0 Å². The quantitative estimate of drug-likeness (QED) is 0.895. The van der Waals surface area contributed by atoms with Crippen LogP contribution in [0.3, 0.4) is 0 Å². The maximum Gasteiger partial charge on any atom is 0.230 e. The van der Waals surface area contributed by atoms with Crippen molar-refractivity contribution >= 4 is 5.88 Å². The van der Waals surface area contributed by atoms with E-state index in [9.17, 15) is 0 Å². The van der Waals surface area contributed by atoms with Gasteiger partial charge in [-0.3, -0.25) is 0 Å². The van der Waals surface area contributed by atoms with Gasteiger partial charge in [-0.15, -0.1) is 0 Å². The summed E-state index contributed by atoms with van der Waals surface area (Å²) >= 11 is 0. The van der Waals surface area contributed by atoms with E-state index < -0.39 is 0 Å². The molecule has 0 spiro atoms. The van der Waals surface area contributed by atoms with Crippen LogP contribution in [0.25, 0.3) is 11.5 Å². The van der Waals surface area contributed by atoms with E-state index >= 15 is 0 Å². The van der Waals surface area contributed by atoms with E-state index in [-0.39, 0.29) is 17.7 Å². The molecule has 0 saturated carbocycles. The maximum atomic E-state index is 8.78. The molecule has 1 heterocycles. The number of oxazole rings is 1. The summed E-state index contributed by atoms with van der Waals surface area (Å²) in [5.74, 6) is 1.07. The molecule has 2 N–H and O–H groups in total. The molecule has 0 fully saturated rings. The van der Waals surface area contributed by atoms with Crippen LogP contribution in [-0.2, 0) is 0 Å². The molecule has 2 aromatic rings. The number of anilines is 1. The fourth-order valence-corrected chi connectivity index (χ4v) is 1.51. The summed E-state index contributed by atoms with van der Waals surface area (Å²) in [6, 6.07) is 9.17. The number of ether oxygens (including phenoxy) is 1. The minimum atomic E-state index is 0.0303. The first-order chi connectivity index (χ1) is 8.60. The van der Waals surface area contributed by atoms with Crippen LogP contribution in [0.2, 0.25) is 0 Å². The third-order valence-electron chi connectivity index (χ3n) is 2.21. The highest BCUT2D eigenvalue weighted by atomic mass is 16.5. The summed E-state index contributed by atoms with van der Waals surface area (Å²) in [7, 11) is 0. The van der Waals surface area contributed by atoms with Crippen molar-refractivity contribution in [1.29, 1.82) is 5.26 Å². The average Bonchev–Trinajstić information content (AvgIpc) is 2.70. The van der Waals surface area contributed by atoms with Gasteiger partial charge in [0.2, 0.25) is 17.5 Å². The molecule has 0 aliphatic heterocycles. The number of nitrogens with zero attached hydrogens (tertiary/aromatic N) is 2. The minimum Gasteiger partial charge on any atom is -0.491 e. The van der Waals surface area contributed by atoms with Crippen molar-refractivity contribution in [1.82, 2.24) is 4.98 Å². The Bertz CT molecular complexity index is 597. The Morgan fingerprint density at radius 3 is 2.83 bits per heavy atom. The number of hydrogen-bond acceptors (Lipinski definition) is 5. The SMILES string of the molecule is CC(C)Oc1cccc(-c2nc(C#N)c(N)o2)c1. The molecule has 0 bridgehead atoms. The summed E-state index contributed by atoms with van der Waals surface area (Å²) in [5.41, 5.74) is 6.35. The second-order valence-electron chi connectivity index (χ2n) is 4.04. The molecule has 5 heteroatoms. The molecule has 0 unspecified atom stereocenters. The van der Waals surface area contributed by atoms with E-state index in [0.717, 1.165) is 11.3 Å².